The summed E-state index contributed by atoms with van der Waals surface area (Å²) in [6, 6.07) is 15.1. The highest BCUT2D eigenvalue weighted by Crippen LogP contribution is 2.48. The van der Waals surface area contributed by atoms with Gasteiger partial charge in [0.15, 0.2) is 0 Å². The number of amides is 1. The summed E-state index contributed by atoms with van der Waals surface area (Å²) in [4.78, 5) is 26.2. The summed E-state index contributed by atoms with van der Waals surface area (Å²) >= 11 is 1.02. The molecular weight excluding hydrogens is 470 g/mol. The molecular formula is C25H19F4NO3S. The Labute approximate surface area is 197 Å². The molecule has 1 aliphatic heterocycles. The van der Waals surface area contributed by atoms with Crippen molar-refractivity contribution in [2.75, 3.05) is 4.90 Å². The highest BCUT2D eigenvalue weighted by atomic mass is 32.2. The molecule has 0 radical (unpaired) electrons. The SMILES string of the molecule is CC1(Cc2ccc(C(=O)O)cc2)Sc2c(F)cccc2N(Cc2ccccc2C(F)(F)F)C1=O. The molecule has 1 heterocycles. The van der Waals surface area contributed by atoms with Crippen LogP contribution in [0.3, 0.4) is 0 Å². The summed E-state index contributed by atoms with van der Waals surface area (Å²) in [5.74, 6) is -2.13. The van der Waals surface area contributed by atoms with E-state index in [-0.39, 0.29) is 34.7 Å². The molecule has 0 fully saturated rings. The molecule has 0 bridgehead atoms. The smallest absolute Gasteiger partial charge is 0.416 e. The van der Waals surface area contributed by atoms with Crippen LogP contribution in [-0.4, -0.2) is 21.7 Å². The maximum atomic E-state index is 14.8. The number of carboxylic acid groups (broad SMARTS) is 1. The van der Waals surface area contributed by atoms with Crippen molar-refractivity contribution in [3.8, 4) is 0 Å². The van der Waals surface area contributed by atoms with Crippen molar-refractivity contribution in [2.45, 2.75) is 35.7 Å². The Hall–Kier alpha value is -3.33. The summed E-state index contributed by atoms with van der Waals surface area (Å²) in [5, 5.41) is 9.10. The number of alkyl halides is 3. The fraction of sp³-hybridized carbons (Fsp3) is 0.200. The molecule has 0 saturated heterocycles. The molecule has 4 nitrogen and oxygen atoms in total. The van der Waals surface area contributed by atoms with Gasteiger partial charge in [-0.3, -0.25) is 4.79 Å². The standard InChI is InChI=1S/C25H19F4NO3S/c1-24(13-15-9-11-16(12-10-15)22(31)32)23(33)30(20-8-4-7-19(26)21(20)34-24)14-17-5-2-3-6-18(17)25(27,28)29/h2-12H,13-14H2,1H3,(H,31,32). The van der Waals surface area contributed by atoms with Crippen LogP contribution in [0.1, 0.15) is 34.0 Å². The fourth-order valence-electron chi connectivity index (χ4n) is 4.00. The van der Waals surface area contributed by atoms with Gasteiger partial charge in [0.2, 0.25) is 5.91 Å². The van der Waals surface area contributed by atoms with E-state index in [1.165, 1.54) is 53.4 Å². The third kappa shape index (κ3) is 4.52. The Morgan fingerprint density at radius 3 is 2.35 bits per heavy atom. The van der Waals surface area contributed by atoms with Crippen molar-refractivity contribution in [2.24, 2.45) is 0 Å². The number of fused-ring (bicyclic) bond motifs is 1. The van der Waals surface area contributed by atoms with Crippen molar-refractivity contribution in [1.29, 1.82) is 0 Å². The van der Waals surface area contributed by atoms with E-state index in [0.29, 0.717) is 5.56 Å². The summed E-state index contributed by atoms with van der Waals surface area (Å²) in [6.45, 7) is 1.24. The molecule has 1 unspecified atom stereocenters. The number of carbonyl (C=O) groups is 2. The molecule has 0 aromatic heterocycles. The third-order valence-corrected chi connectivity index (χ3v) is 7.03. The van der Waals surface area contributed by atoms with Crippen LogP contribution in [0.2, 0.25) is 0 Å². The predicted octanol–water partition coefficient (Wildman–Crippen LogP) is 6.18. The number of anilines is 1. The maximum Gasteiger partial charge on any atom is 0.416 e. The number of hydrogen-bond donors (Lipinski definition) is 1. The fourth-order valence-corrected chi connectivity index (χ4v) is 5.34. The van der Waals surface area contributed by atoms with E-state index in [1.807, 2.05) is 0 Å². The third-order valence-electron chi connectivity index (χ3n) is 5.66. The molecule has 34 heavy (non-hydrogen) atoms. The number of benzene rings is 3. The van der Waals surface area contributed by atoms with Crippen molar-refractivity contribution in [1.82, 2.24) is 0 Å². The number of carboxylic acids is 1. The molecule has 4 rings (SSSR count). The molecule has 1 amide bonds. The van der Waals surface area contributed by atoms with Crippen molar-refractivity contribution < 1.29 is 32.3 Å². The lowest BCUT2D eigenvalue weighted by Crippen LogP contribution is -2.49. The van der Waals surface area contributed by atoms with Crippen molar-refractivity contribution in [3.63, 3.8) is 0 Å². The van der Waals surface area contributed by atoms with Crippen LogP contribution in [-0.2, 0) is 23.9 Å². The molecule has 3 aromatic carbocycles. The minimum absolute atomic E-state index is 0.0818. The monoisotopic (exact) mass is 489 g/mol. The summed E-state index contributed by atoms with van der Waals surface area (Å²) in [7, 11) is 0. The van der Waals surface area contributed by atoms with Crippen LogP contribution >= 0.6 is 11.8 Å². The normalized spacial score (nSPS) is 18.0. The van der Waals surface area contributed by atoms with Gasteiger partial charge in [0.25, 0.3) is 0 Å². The zero-order chi connectivity index (χ0) is 24.7. The zero-order valence-electron chi connectivity index (χ0n) is 17.9. The second kappa shape index (κ2) is 8.79. The van der Waals surface area contributed by atoms with Gasteiger partial charge >= 0.3 is 12.1 Å². The number of halogens is 4. The molecule has 1 atom stereocenters. The molecule has 3 aromatic rings. The van der Waals surface area contributed by atoms with E-state index in [9.17, 15) is 27.2 Å². The Bertz CT molecular complexity index is 1260. The van der Waals surface area contributed by atoms with Gasteiger partial charge < -0.3 is 10.0 Å². The van der Waals surface area contributed by atoms with Gasteiger partial charge in [-0.15, -0.1) is 11.8 Å². The zero-order valence-corrected chi connectivity index (χ0v) is 18.7. The number of hydrogen-bond acceptors (Lipinski definition) is 3. The first-order valence-electron chi connectivity index (χ1n) is 10.3. The minimum Gasteiger partial charge on any atom is -0.478 e. The van der Waals surface area contributed by atoms with Crippen molar-refractivity contribution in [3.05, 3.63) is 94.8 Å². The van der Waals surface area contributed by atoms with Gasteiger partial charge in [-0.05, 0) is 54.8 Å². The van der Waals surface area contributed by atoms with E-state index in [1.54, 1.807) is 19.1 Å². The number of rotatable bonds is 5. The van der Waals surface area contributed by atoms with Gasteiger partial charge in [0.1, 0.15) is 10.6 Å². The summed E-state index contributed by atoms with van der Waals surface area (Å²) < 4.78 is 54.3. The van der Waals surface area contributed by atoms with Crippen LogP contribution in [0.25, 0.3) is 0 Å². The Kier molecular flexibility index (Phi) is 6.16. The second-order valence-corrected chi connectivity index (χ2v) is 9.66. The van der Waals surface area contributed by atoms with Gasteiger partial charge in [0, 0.05) is 0 Å². The highest BCUT2D eigenvalue weighted by molar-refractivity contribution is 8.01. The van der Waals surface area contributed by atoms with Crippen LogP contribution in [0.15, 0.2) is 71.6 Å². The molecule has 176 valence electrons. The van der Waals surface area contributed by atoms with E-state index in [2.05, 4.69) is 0 Å². The Morgan fingerprint density at radius 2 is 1.71 bits per heavy atom. The van der Waals surface area contributed by atoms with Crippen LogP contribution < -0.4 is 4.90 Å². The molecule has 0 saturated carbocycles. The van der Waals surface area contributed by atoms with Crippen LogP contribution in [0.4, 0.5) is 23.2 Å². The lowest BCUT2D eigenvalue weighted by Gasteiger charge is -2.40. The molecule has 0 spiro atoms. The van der Waals surface area contributed by atoms with Crippen molar-refractivity contribution >= 4 is 29.3 Å². The lowest BCUT2D eigenvalue weighted by atomic mass is 9.96. The Balaban J connectivity index is 1.75. The first kappa shape index (κ1) is 23.8. The molecule has 1 aliphatic rings. The average molecular weight is 489 g/mol. The predicted molar refractivity (Wildman–Crippen MR) is 120 cm³/mol. The topological polar surface area (TPSA) is 57.6 Å². The summed E-state index contributed by atoms with van der Waals surface area (Å²) in [6.07, 6.45) is -4.48. The molecule has 0 aliphatic carbocycles. The first-order valence-corrected chi connectivity index (χ1v) is 11.1. The number of aromatic carboxylic acids is 1. The second-order valence-electron chi connectivity index (χ2n) is 8.15. The number of carbonyl (C=O) groups excluding carboxylic acids is 1. The first-order chi connectivity index (χ1) is 16.0. The largest absolute Gasteiger partial charge is 0.478 e. The quantitative estimate of drug-likeness (QED) is 0.435. The minimum atomic E-state index is -4.61. The van der Waals surface area contributed by atoms with Gasteiger partial charge in [-0.25, -0.2) is 9.18 Å². The molecule has 1 N–H and O–H groups in total. The maximum absolute atomic E-state index is 14.8. The van der Waals surface area contributed by atoms with Crippen LogP contribution in [0.5, 0.6) is 0 Å². The van der Waals surface area contributed by atoms with Gasteiger partial charge in [-0.1, -0.05) is 36.4 Å². The average Bonchev–Trinajstić information content (AvgIpc) is 2.78. The highest BCUT2D eigenvalue weighted by Gasteiger charge is 2.45. The number of nitrogens with zero attached hydrogens (tertiary/aromatic N) is 1. The van der Waals surface area contributed by atoms with E-state index >= 15 is 0 Å². The summed E-state index contributed by atoms with van der Waals surface area (Å²) in [5.41, 5.74) is -0.0173. The van der Waals surface area contributed by atoms with Crippen LogP contribution in [0, 0.1) is 5.82 Å². The van der Waals surface area contributed by atoms with E-state index in [0.717, 1.165) is 17.8 Å². The lowest BCUT2D eigenvalue weighted by molar-refractivity contribution is -0.138. The Morgan fingerprint density at radius 1 is 1.03 bits per heavy atom. The van der Waals surface area contributed by atoms with E-state index < -0.39 is 34.2 Å². The van der Waals surface area contributed by atoms with Gasteiger partial charge in [0.05, 0.1) is 28.3 Å². The number of thioether (sulfide) groups is 1. The van der Waals surface area contributed by atoms with Gasteiger partial charge in [-0.2, -0.15) is 13.2 Å². The van der Waals surface area contributed by atoms with E-state index in [4.69, 9.17) is 5.11 Å². The molecule has 9 heteroatoms.